The average molecular weight is 517 g/mol. The van der Waals surface area contributed by atoms with Gasteiger partial charge < -0.3 is 15.1 Å². The molecule has 8 heteroatoms. The van der Waals surface area contributed by atoms with Crippen molar-refractivity contribution in [3.05, 3.63) is 64.7 Å². The Balaban J connectivity index is 1.45. The topological polar surface area (TPSA) is 38.8 Å². The number of amides is 1. The van der Waals surface area contributed by atoms with E-state index in [2.05, 4.69) is 21.2 Å². The van der Waals surface area contributed by atoms with E-state index < -0.39 is 11.7 Å². The molecular formula is C29H39F3N4O. The fraction of sp³-hybridized carbons (Fsp3) is 0.552. The monoisotopic (exact) mass is 516 g/mol. The van der Waals surface area contributed by atoms with E-state index in [4.69, 9.17) is 0 Å². The van der Waals surface area contributed by atoms with Crippen LogP contribution in [0.4, 0.5) is 18.9 Å². The van der Waals surface area contributed by atoms with Crippen molar-refractivity contribution in [2.45, 2.75) is 52.4 Å². The number of halogens is 3. The van der Waals surface area contributed by atoms with Gasteiger partial charge >= 0.3 is 6.18 Å². The van der Waals surface area contributed by atoms with Crippen LogP contribution < -0.4 is 5.32 Å². The quantitative estimate of drug-likeness (QED) is 0.418. The lowest BCUT2D eigenvalue weighted by Crippen LogP contribution is -2.41. The summed E-state index contributed by atoms with van der Waals surface area (Å²) in [5.41, 5.74) is 2.94. The second-order valence-electron chi connectivity index (χ2n) is 10.2. The van der Waals surface area contributed by atoms with Crippen molar-refractivity contribution in [1.82, 2.24) is 14.7 Å². The van der Waals surface area contributed by atoms with Crippen LogP contribution >= 0.6 is 0 Å². The summed E-state index contributed by atoms with van der Waals surface area (Å²) in [5.74, 6) is 0.651. The molecule has 1 aliphatic heterocycles. The molecule has 5 nitrogen and oxygen atoms in total. The molecule has 0 spiro atoms. The van der Waals surface area contributed by atoms with Crippen molar-refractivity contribution >= 4 is 11.6 Å². The van der Waals surface area contributed by atoms with Gasteiger partial charge in [0.05, 0.1) is 12.1 Å². The average Bonchev–Trinajstić information content (AvgIpc) is 3.70. The fourth-order valence-electron chi connectivity index (χ4n) is 5.17. The molecule has 1 fully saturated rings. The predicted octanol–water partition coefficient (Wildman–Crippen LogP) is 5.26. The molecule has 1 aliphatic carbocycles. The van der Waals surface area contributed by atoms with Gasteiger partial charge in [0.1, 0.15) is 0 Å². The molecule has 1 amide bonds. The van der Waals surface area contributed by atoms with Crippen LogP contribution in [0.25, 0.3) is 0 Å². The molecule has 0 saturated heterocycles. The summed E-state index contributed by atoms with van der Waals surface area (Å²) in [5, 5.41) is 3.32. The van der Waals surface area contributed by atoms with Crippen LogP contribution in [0.1, 0.15) is 48.9 Å². The Kier molecular flexibility index (Phi) is 9.13. The number of hydrogen-bond acceptors (Lipinski definition) is 4. The highest BCUT2D eigenvalue weighted by Gasteiger charge is 2.33. The van der Waals surface area contributed by atoms with Gasteiger partial charge in [0.15, 0.2) is 0 Å². The number of hydrogen-bond donors (Lipinski definition) is 1. The SMILES string of the molecule is CCN(CC)CCN(Cc1ccccc1C(F)(F)F)C(=O)CNc1cccc2c1CCN(CC1CC1)C2. The number of fused-ring (bicyclic) bond motifs is 1. The number of nitrogens with zero attached hydrogens (tertiary/aromatic N) is 3. The lowest BCUT2D eigenvalue weighted by atomic mass is 9.97. The van der Waals surface area contributed by atoms with Gasteiger partial charge in [-0.05, 0) is 67.1 Å². The van der Waals surface area contributed by atoms with Crippen molar-refractivity contribution in [2.24, 2.45) is 5.92 Å². The first-order valence-corrected chi connectivity index (χ1v) is 13.5. The number of carbonyl (C=O) groups is 1. The molecule has 2 aliphatic rings. The van der Waals surface area contributed by atoms with Crippen LogP contribution in [0.5, 0.6) is 0 Å². The van der Waals surface area contributed by atoms with Gasteiger partial charge in [0, 0.05) is 45.0 Å². The molecule has 4 rings (SSSR count). The first-order chi connectivity index (χ1) is 17.8. The Morgan fingerprint density at radius 1 is 1.05 bits per heavy atom. The zero-order chi connectivity index (χ0) is 26.4. The summed E-state index contributed by atoms with van der Waals surface area (Å²) >= 11 is 0. The Morgan fingerprint density at radius 3 is 2.51 bits per heavy atom. The van der Waals surface area contributed by atoms with Crippen LogP contribution in [-0.4, -0.2) is 66.4 Å². The van der Waals surface area contributed by atoms with Crippen molar-refractivity contribution in [3.8, 4) is 0 Å². The first kappa shape index (κ1) is 27.5. The number of rotatable bonds is 12. The fourth-order valence-corrected chi connectivity index (χ4v) is 5.17. The second kappa shape index (κ2) is 12.3. The minimum absolute atomic E-state index is 0.0503. The summed E-state index contributed by atoms with van der Waals surface area (Å²) in [6.07, 6.45) is -0.848. The van der Waals surface area contributed by atoms with E-state index in [1.54, 1.807) is 11.0 Å². The number of carbonyl (C=O) groups excluding carboxylic acids is 1. The molecule has 0 aromatic heterocycles. The third-order valence-corrected chi connectivity index (χ3v) is 7.61. The van der Waals surface area contributed by atoms with Crippen LogP contribution in [0.2, 0.25) is 0 Å². The Hall–Kier alpha value is -2.58. The smallest absolute Gasteiger partial charge is 0.376 e. The molecule has 37 heavy (non-hydrogen) atoms. The number of alkyl halides is 3. The summed E-state index contributed by atoms with van der Waals surface area (Å²) < 4.78 is 40.9. The zero-order valence-electron chi connectivity index (χ0n) is 22.0. The Labute approximate surface area is 218 Å². The van der Waals surface area contributed by atoms with Gasteiger partial charge in [0.25, 0.3) is 0 Å². The van der Waals surface area contributed by atoms with Crippen LogP contribution in [0, 0.1) is 5.92 Å². The molecule has 2 aromatic carbocycles. The molecule has 1 heterocycles. The van der Waals surface area contributed by atoms with E-state index in [9.17, 15) is 18.0 Å². The van der Waals surface area contributed by atoms with E-state index >= 15 is 0 Å². The van der Waals surface area contributed by atoms with Gasteiger partial charge in [-0.2, -0.15) is 13.2 Å². The molecule has 0 atom stereocenters. The highest BCUT2D eigenvalue weighted by atomic mass is 19.4. The maximum absolute atomic E-state index is 13.6. The lowest BCUT2D eigenvalue weighted by molar-refractivity contribution is -0.139. The number of anilines is 1. The summed E-state index contributed by atoms with van der Waals surface area (Å²) in [4.78, 5) is 19.6. The van der Waals surface area contributed by atoms with E-state index in [1.807, 2.05) is 26.0 Å². The van der Waals surface area contributed by atoms with Gasteiger partial charge in [-0.25, -0.2) is 0 Å². The van der Waals surface area contributed by atoms with Crippen molar-refractivity contribution in [1.29, 1.82) is 0 Å². The summed E-state index contributed by atoms with van der Waals surface area (Å²) in [6.45, 7) is 9.81. The Bertz CT molecular complexity index is 1050. The maximum Gasteiger partial charge on any atom is 0.416 e. The minimum atomic E-state index is -4.46. The molecule has 1 N–H and O–H groups in total. The van der Waals surface area contributed by atoms with Crippen molar-refractivity contribution < 1.29 is 18.0 Å². The van der Waals surface area contributed by atoms with Gasteiger partial charge in [-0.3, -0.25) is 9.69 Å². The zero-order valence-corrected chi connectivity index (χ0v) is 22.0. The van der Waals surface area contributed by atoms with Gasteiger partial charge in [-0.15, -0.1) is 0 Å². The van der Waals surface area contributed by atoms with E-state index in [-0.39, 0.29) is 24.6 Å². The van der Waals surface area contributed by atoms with Crippen LogP contribution in [0.3, 0.4) is 0 Å². The summed E-state index contributed by atoms with van der Waals surface area (Å²) in [6, 6.07) is 11.7. The van der Waals surface area contributed by atoms with Gasteiger partial charge in [0.2, 0.25) is 5.91 Å². The summed E-state index contributed by atoms with van der Waals surface area (Å²) in [7, 11) is 0. The Morgan fingerprint density at radius 2 is 1.81 bits per heavy atom. The van der Waals surface area contributed by atoms with Crippen molar-refractivity contribution in [3.63, 3.8) is 0 Å². The standard InChI is InChI=1S/C29H39F3N4O/c1-3-34(4-2)16-17-36(21-24-8-5-6-10-26(24)29(30,31)32)28(37)18-33-27-11-7-9-23-20-35(15-14-25(23)27)19-22-12-13-22/h5-11,22,33H,3-4,12-21H2,1-2H3. The van der Waals surface area contributed by atoms with Crippen LogP contribution in [-0.2, 0) is 30.5 Å². The largest absolute Gasteiger partial charge is 0.416 e. The number of nitrogens with one attached hydrogen (secondary N) is 1. The molecule has 1 saturated carbocycles. The van der Waals surface area contributed by atoms with Crippen molar-refractivity contribution in [2.75, 3.05) is 51.1 Å². The minimum Gasteiger partial charge on any atom is -0.376 e. The molecule has 202 valence electrons. The second-order valence-corrected chi connectivity index (χ2v) is 10.2. The molecule has 0 unspecified atom stereocenters. The first-order valence-electron chi connectivity index (χ1n) is 13.5. The van der Waals surface area contributed by atoms with E-state index in [0.717, 1.165) is 56.8 Å². The third-order valence-electron chi connectivity index (χ3n) is 7.61. The van der Waals surface area contributed by atoms with Gasteiger partial charge in [-0.1, -0.05) is 44.2 Å². The van der Waals surface area contributed by atoms with E-state index in [0.29, 0.717) is 13.1 Å². The predicted molar refractivity (Wildman–Crippen MR) is 141 cm³/mol. The molecule has 0 radical (unpaired) electrons. The highest BCUT2D eigenvalue weighted by Crippen LogP contribution is 2.34. The maximum atomic E-state index is 13.6. The lowest BCUT2D eigenvalue weighted by Gasteiger charge is -2.31. The molecule has 0 bridgehead atoms. The molecular weight excluding hydrogens is 477 g/mol. The molecule has 2 aromatic rings. The number of benzene rings is 2. The normalized spacial score (nSPS) is 16.1. The highest BCUT2D eigenvalue weighted by molar-refractivity contribution is 5.81. The number of likely N-dealkylation sites (N-methyl/N-ethyl adjacent to an activating group) is 1. The van der Waals surface area contributed by atoms with E-state index in [1.165, 1.54) is 36.1 Å². The third kappa shape index (κ3) is 7.48. The van der Waals surface area contributed by atoms with Crippen LogP contribution in [0.15, 0.2) is 42.5 Å².